The van der Waals surface area contributed by atoms with Crippen molar-refractivity contribution in [2.75, 3.05) is 5.32 Å². The first-order valence-electron chi connectivity index (χ1n) is 7.63. The Kier molecular flexibility index (Phi) is 4.78. The number of halogens is 1. The fourth-order valence-corrected chi connectivity index (χ4v) is 3.47. The molecular weight excluding hydrogens is 362 g/mol. The number of aliphatic carboxylic acids is 1. The second-order valence-corrected chi connectivity index (χ2v) is 7.17. The van der Waals surface area contributed by atoms with Crippen LogP contribution in [0.2, 0.25) is 5.02 Å². The lowest BCUT2D eigenvalue weighted by molar-refractivity contribution is -0.136. The lowest BCUT2D eigenvalue weighted by Crippen LogP contribution is -2.11. The molecular formula is C17H16ClN3O3S. The summed E-state index contributed by atoms with van der Waals surface area (Å²) in [5, 5.41) is 14.9. The quantitative estimate of drug-likeness (QED) is 0.697. The van der Waals surface area contributed by atoms with Crippen molar-refractivity contribution in [3.8, 4) is 0 Å². The lowest BCUT2D eigenvalue weighted by atomic mass is 10.1. The number of carbonyl (C=O) groups excluding carboxylic acids is 1. The molecule has 1 aromatic carbocycles. The molecule has 0 saturated carbocycles. The fourth-order valence-electron chi connectivity index (χ4n) is 2.60. The smallest absolute Gasteiger partial charge is 0.309 e. The van der Waals surface area contributed by atoms with E-state index in [1.54, 1.807) is 17.6 Å². The summed E-state index contributed by atoms with van der Waals surface area (Å²) in [6.45, 7) is 4.06. The van der Waals surface area contributed by atoms with Gasteiger partial charge in [0.15, 0.2) is 5.13 Å². The topological polar surface area (TPSA) is 84.2 Å². The molecule has 0 atom stereocenters. The molecule has 2 aromatic heterocycles. The number of benzene rings is 1. The highest BCUT2D eigenvalue weighted by molar-refractivity contribution is 7.14. The molecule has 0 aliphatic heterocycles. The molecule has 0 fully saturated rings. The monoisotopic (exact) mass is 377 g/mol. The third kappa shape index (κ3) is 3.67. The fraction of sp³-hybridized carbons (Fsp3) is 0.235. The molecule has 2 N–H and O–H groups in total. The number of nitrogens with zero attached hydrogens (tertiary/aromatic N) is 2. The lowest BCUT2D eigenvalue weighted by Gasteiger charge is -2.08. The van der Waals surface area contributed by atoms with Gasteiger partial charge in [-0.25, -0.2) is 4.98 Å². The van der Waals surface area contributed by atoms with E-state index in [1.807, 2.05) is 30.5 Å². The summed E-state index contributed by atoms with van der Waals surface area (Å²) >= 11 is 7.29. The molecule has 8 heteroatoms. The van der Waals surface area contributed by atoms with Crippen molar-refractivity contribution >= 4 is 50.8 Å². The largest absolute Gasteiger partial charge is 0.481 e. The van der Waals surface area contributed by atoms with Crippen LogP contribution in [0, 0.1) is 0 Å². The summed E-state index contributed by atoms with van der Waals surface area (Å²) in [6, 6.07) is 5.58. The normalized spacial score (nSPS) is 11.2. The highest BCUT2D eigenvalue weighted by Crippen LogP contribution is 2.28. The Balaban J connectivity index is 1.92. The molecule has 0 aliphatic carbocycles. The van der Waals surface area contributed by atoms with Gasteiger partial charge in [-0.3, -0.25) is 14.9 Å². The number of carbonyl (C=O) groups is 2. The molecule has 0 spiro atoms. The maximum Gasteiger partial charge on any atom is 0.309 e. The standard InChI is InChI=1S/C17H16ClN3O3S/c1-9(2)21-7-13(12-4-3-10(18)5-14(12)21)16(24)20-17-19-11(8-25-17)6-15(22)23/h3-5,7-9H,6H2,1-2H3,(H,22,23)(H,19,20,24). The van der Waals surface area contributed by atoms with Crippen molar-refractivity contribution in [3.05, 3.63) is 46.1 Å². The van der Waals surface area contributed by atoms with Gasteiger partial charge >= 0.3 is 5.97 Å². The minimum atomic E-state index is -0.958. The van der Waals surface area contributed by atoms with Crippen LogP contribution in [-0.2, 0) is 11.2 Å². The number of thiazole rings is 1. The SMILES string of the molecule is CC(C)n1cc(C(=O)Nc2nc(CC(=O)O)cs2)c2ccc(Cl)cc21. The predicted octanol–water partition coefficient (Wildman–Crippen LogP) is 4.21. The van der Waals surface area contributed by atoms with Gasteiger partial charge < -0.3 is 9.67 Å². The molecule has 3 rings (SSSR count). The number of carboxylic acid groups (broad SMARTS) is 1. The van der Waals surface area contributed by atoms with Gasteiger partial charge in [0.1, 0.15) is 0 Å². The van der Waals surface area contributed by atoms with Gasteiger partial charge in [-0.15, -0.1) is 11.3 Å². The zero-order chi connectivity index (χ0) is 18.1. The molecule has 0 saturated heterocycles. The third-order valence-corrected chi connectivity index (χ3v) is 4.74. The van der Waals surface area contributed by atoms with Gasteiger partial charge in [-0.05, 0) is 26.0 Å². The second-order valence-electron chi connectivity index (χ2n) is 5.87. The summed E-state index contributed by atoms with van der Waals surface area (Å²) in [6.07, 6.45) is 1.63. The second kappa shape index (κ2) is 6.85. The average molecular weight is 378 g/mol. The van der Waals surface area contributed by atoms with Gasteiger partial charge in [-0.1, -0.05) is 17.7 Å². The summed E-state index contributed by atoms with van der Waals surface area (Å²) < 4.78 is 1.99. The maximum absolute atomic E-state index is 12.7. The number of aromatic nitrogens is 2. The summed E-state index contributed by atoms with van der Waals surface area (Å²) in [4.78, 5) is 27.5. The van der Waals surface area contributed by atoms with Gasteiger partial charge in [0, 0.05) is 28.0 Å². The third-order valence-electron chi connectivity index (χ3n) is 3.70. The van der Waals surface area contributed by atoms with Crippen LogP contribution in [0.3, 0.4) is 0 Å². The first-order chi connectivity index (χ1) is 11.8. The predicted molar refractivity (Wildman–Crippen MR) is 98.7 cm³/mol. The highest BCUT2D eigenvalue weighted by Gasteiger charge is 2.18. The Hall–Kier alpha value is -2.38. The van der Waals surface area contributed by atoms with Crippen LogP contribution >= 0.6 is 22.9 Å². The zero-order valence-corrected chi connectivity index (χ0v) is 15.2. The van der Waals surface area contributed by atoms with Crippen molar-refractivity contribution in [2.24, 2.45) is 0 Å². The molecule has 0 bridgehead atoms. The van der Waals surface area contributed by atoms with E-state index in [-0.39, 0.29) is 18.4 Å². The number of nitrogens with one attached hydrogen (secondary N) is 1. The van der Waals surface area contributed by atoms with Crippen LogP contribution in [0.4, 0.5) is 5.13 Å². The molecule has 6 nitrogen and oxygen atoms in total. The van der Waals surface area contributed by atoms with Crippen LogP contribution in [0.1, 0.15) is 35.9 Å². The van der Waals surface area contributed by atoms with E-state index >= 15 is 0 Å². The Bertz CT molecular complexity index is 961. The zero-order valence-electron chi connectivity index (χ0n) is 13.6. The van der Waals surface area contributed by atoms with E-state index < -0.39 is 5.97 Å². The van der Waals surface area contributed by atoms with Gasteiger partial charge in [-0.2, -0.15) is 0 Å². The van der Waals surface area contributed by atoms with E-state index in [0.717, 1.165) is 10.9 Å². The average Bonchev–Trinajstić information content (AvgIpc) is 3.10. The molecule has 130 valence electrons. The number of rotatable bonds is 5. The molecule has 25 heavy (non-hydrogen) atoms. The van der Waals surface area contributed by atoms with Gasteiger partial charge in [0.25, 0.3) is 5.91 Å². The minimum absolute atomic E-state index is 0.169. The van der Waals surface area contributed by atoms with Gasteiger partial charge in [0.2, 0.25) is 0 Å². The summed E-state index contributed by atoms with van der Waals surface area (Å²) in [7, 11) is 0. The van der Waals surface area contributed by atoms with E-state index in [9.17, 15) is 9.59 Å². The van der Waals surface area contributed by atoms with Crippen molar-refractivity contribution in [1.82, 2.24) is 9.55 Å². The van der Waals surface area contributed by atoms with E-state index in [1.165, 1.54) is 11.3 Å². The Morgan fingerprint density at radius 3 is 2.84 bits per heavy atom. The maximum atomic E-state index is 12.7. The van der Waals surface area contributed by atoms with Crippen molar-refractivity contribution in [2.45, 2.75) is 26.3 Å². The van der Waals surface area contributed by atoms with E-state index in [2.05, 4.69) is 10.3 Å². The van der Waals surface area contributed by atoms with Crippen LogP contribution in [0.25, 0.3) is 10.9 Å². The summed E-state index contributed by atoms with van der Waals surface area (Å²) in [5.74, 6) is -1.25. The molecule has 1 amide bonds. The number of anilines is 1. The summed E-state index contributed by atoms with van der Waals surface area (Å²) in [5.41, 5.74) is 1.83. The number of hydrogen-bond donors (Lipinski definition) is 2. The van der Waals surface area contributed by atoms with E-state index in [0.29, 0.717) is 21.4 Å². The van der Waals surface area contributed by atoms with Crippen molar-refractivity contribution in [1.29, 1.82) is 0 Å². The molecule has 0 aliphatic rings. The Morgan fingerprint density at radius 1 is 1.40 bits per heavy atom. The molecule has 0 radical (unpaired) electrons. The molecule has 0 unspecified atom stereocenters. The number of carboxylic acids is 1. The van der Waals surface area contributed by atoms with Gasteiger partial charge in [0.05, 0.1) is 23.2 Å². The number of fused-ring (bicyclic) bond motifs is 1. The Morgan fingerprint density at radius 2 is 2.16 bits per heavy atom. The number of hydrogen-bond acceptors (Lipinski definition) is 4. The number of amides is 1. The minimum Gasteiger partial charge on any atom is -0.481 e. The van der Waals surface area contributed by atoms with Crippen molar-refractivity contribution < 1.29 is 14.7 Å². The highest BCUT2D eigenvalue weighted by atomic mass is 35.5. The van der Waals surface area contributed by atoms with Crippen LogP contribution in [0.5, 0.6) is 0 Å². The van der Waals surface area contributed by atoms with Crippen molar-refractivity contribution in [3.63, 3.8) is 0 Å². The van der Waals surface area contributed by atoms with Crippen LogP contribution in [-0.4, -0.2) is 26.5 Å². The van der Waals surface area contributed by atoms with Crippen LogP contribution < -0.4 is 5.32 Å². The first-order valence-corrected chi connectivity index (χ1v) is 8.88. The Labute approximate surface area is 153 Å². The van der Waals surface area contributed by atoms with Crippen LogP contribution in [0.15, 0.2) is 29.8 Å². The van der Waals surface area contributed by atoms with E-state index in [4.69, 9.17) is 16.7 Å². The molecule has 2 heterocycles. The molecule has 3 aromatic rings. The first kappa shape index (κ1) is 17.4.